The van der Waals surface area contributed by atoms with Gasteiger partial charge in [-0.25, -0.2) is 9.97 Å². The van der Waals surface area contributed by atoms with Crippen LogP contribution < -0.4 is 20.1 Å². The Kier molecular flexibility index (Phi) is 6.87. The summed E-state index contributed by atoms with van der Waals surface area (Å²) in [7, 11) is 3.06. The molecule has 1 rings (SSSR count). The van der Waals surface area contributed by atoms with Crippen LogP contribution in [0.4, 0.5) is 0 Å². The van der Waals surface area contributed by atoms with Crippen LogP contribution in [0.25, 0.3) is 0 Å². The Labute approximate surface area is 125 Å². The molecule has 0 saturated carbocycles. The van der Waals surface area contributed by atoms with Gasteiger partial charge in [-0.05, 0) is 12.8 Å². The van der Waals surface area contributed by atoms with Gasteiger partial charge in [0.2, 0.25) is 17.7 Å². The second-order valence-electron chi connectivity index (χ2n) is 5.11. The quantitative estimate of drug-likeness (QED) is 0.736. The first-order chi connectivity index (χ1) is 9.99. The molecule has 7 nitrogen and oxygen atoms in total. The molecule has 21 heavy (non-hydrogen) atoms. The molecule has 1 unspecified atom stereocenters. The van der Waals surface area contributed by atoms with Crippen LogP contribution in [0.1, 0.15) is 26.3 Å². The summed E-state index contributed by atoms with van der Waals surface area (Å²) in [5.74, 6) is 1.25. The Morgan fingerprint density at radius 2 is 1.76 bits per heavy atom. The molecule has 7 heteroatoms. The molecular weight excluding hydrogens is 272 g/mol. The maximum Gasteiger partial charge on any atom is 0.236 e. The topological polar surface area (TPSA) is 85.4 Å². The molecule has 2 N–H and O–H groups in total. The van der Waals surface area contributed by atoms with Gasteiger partial charge in [0.25, 0.3) is 0 Å². The molecule has 1 amide bonds. The number of hydrogen-bond acceptors (Lipinski definition) is 6. The predicted octanol–water partition coefficient (Wildman–Crippen LogP) is 0.744. The zero-order valence-electron chi connectivity index (χ0n) is 13.3. The van der Waals surface area contributed by atoms with Crippen molar-refractivity contribution in [3.05, 3.63) is 11.9 Å². The number of hydrogen-bond donors (Lipinski definition) is 2. The van der Waals surface area contributed by atoms with Gasteiger partial charge in [-0.2, -0.15) is 0 Å². The molecule has 1 heterocycles. The fourth-order valence-corrected chi connectivity index (χ4v) is 1.69. The van der Waals surface area contributed by atoms with Crippen LogP contribution in [0.5, 0.6) is 11.8 Å². The molecule has 1 aromatic rings. The highest BCUT2D eigenvalue weighted by Crippen LogP contribution is 2.22. The number of rotatable bonds is 8. The number of nitrogens with one attached hydrogen (secondary N) is 2. The maximum atomic E-state index is 11.9. The average molecular weight is 296 g/mol. The Morgan fingerprint density at radius 3 is 2.24 bits per heavy atom. The van der Waals surface area contributed by atoms with Crippen molar-refractivity contribution in [1.82, 2.24) is 20.6 Å². The van der Waals surface area contributed by atoms with Crippen LogP contribution >= 0.6 is 0 Å². The van der Waals surface area contributed by atoms with E-state index in [4.69, 9.17) is 9.47 Å². The maximum absolute atomic E-state index is 11.9. The number of aromatic nitrogens is 2. The number of carbonyl (C=O) groups excluding carboxylic acids is 1. The second-order valence-corrected chi connectivity index (χ2v) is 5.11. The fraction of sp³-hybridized carbons (Fsp3) is 0.643. The van der Waals surface area contributed by atoms with Gasteiger partial charge in [-0.15, -0.1) is 0 Å². The van der Waals surface area contributed by atoms with E-state index >= 15 is 0 Å². The highest BCUT2D eigenvalue weighted by Gasteiger charge is 2.17. The van der Waals surface area contributed by atoms with E-state index in [9.17, 15) is 4.79 Å². The van der Waals surface area contributed by atoms with Crippen LogP contribution in [0, 0.1) is 5.92 Å². The lowest BCUT2D eigenvalue weighted by Gasteiger charge is -2.16. The van der Waals surface area contributed by atoms with Gasteiger partial charge in [0.1, 0.15) is 6.33 Å². The molecule has 0 radical (unpaired) electrons. The van der Waals surface area contributed by atoms with Gasteiger partial charge < -0.3 is 20.1 Å². The molecule has 0 bridgehead atoms. The van der Waals surface area contributed by atoms with Crippen molar-refractivity contribution in [2.75, 3.05) is 20.8 Å². The summed E-state index contributed by atoms with van der Waals surface area (Å²) in [5, 5.41) is 6.00. The lowest BCUT2D eigenvalue weighted by Crippen LogP contribution is -2.43. The first-order valence-electron chi connectivity index (χ1n) is 6.92. The zero-order chi connectivity index (χ0) is 15.8. The van der Waals surface area contributed by atoms with E-state index in [1.54, 1.807) is 6.92 Å². The molecule has 0 aliphatic carbocycles. The van der Waals surface area contributed by atoms with E-state index in [-0.39, 0.29) is 11.9 Å². The van der Waals surface area contributed by atoms with Crippen LogP contribution in [-0.4, -0.2) is 42.7 Å². The van der Waals surface area contributed by atoms with Gasteiger partial charge in [0.15, 0.2) is 0 Å². The molecule has 0 saturated heterocycles. The molecule has 1 atom stereocenters. The molecule has 0 aliphatic heterocycles. The van der Waals surface area contributed by atoms with E-state index in [0.29, 0.717) is 36.3 Å². The van der Waals surface area contributed by atoms with Gasteiger partial charge in [0, 0.05) is 13.1 Å². The van der Waals surface area contributed by atoms with Crippen molar-refractivity contribution in [2.24, 2.45) is 5.92 Å². The van der Waals surface area contributed by atoms with Crippen molar-refractivity contribution in [2.45, 2.75) is 33.4 Å². The first kappa shape index (κ1) is 17.2. The zero-order valence-corrected chi connectivity index (χ0v) is 13.3. The van der Waals surface area contributed by atoms with E-state index in [2.05, 4.69) is 34.4 Å². The number of amides is 1. The van der Waals surface area contributed by atoms with Crippen molar-refractivity contribution in [1.29, 1.82) is 0 Å². The standard InChI is InChI=1S/C14H24N4O3/c1-9(2)6-16-12(19)10(3)15-7-11-13(20-4)17-8-18-14(11)21-5/h8-10,15H,6-7H2,1-5H3,(H,16,19). The van der Waals surface area contributed by atoms with E-state index < -0.39 is 0 Å². The minimum atomic E-state index is -0.335. The van der Waals surface area contributed by atoms with E-state index in [1.807, 2.05) is 0 Å². The number of carbonyl (C=O) groups is 1. The summed E-state index contributed by atoms with van der Waals surface area (Å²) in [6, 6.07) is -0.335. The Morgan fingerprint density at radius 1 is 1.19 bits per heavy atom. The van der Waals surface area contributed by atoms with Gasteiger partial charge >= 0.3 is 0 Å². The molecule has 118 valence electrons. The molecule has 1 aromatic heterocycles. The van der Waals surface area contributed by atoms with Crippen molar-refractivity contribution < 1.29 is 14.3 Å². The predicted molar refractivity (Wildman–Crippen MR) is 79.3 cm³/mol. The van der Waals surface area contributed by atoms with Crippen LogP contribution in [0.15, 0.2) is 6.33 Å². The van der Waals surface area contributed by atoms with Gasteiger partial charge in [-0.3, -0.25) is 4.79 Å². The summed E-state index contributed by atoms with van der Waals surface area (Å²) in [6.07, 6.45) is 1.37. The summed E-state index contributed by atoms with van der Waals surface area (Å²) < 4.78 is 10.4. The highest BCUT2D eigenvalue weighted by atomic mass is 16.5. The molecule has 0 aliphatic rings. The third kappa shape index (κ3) is 5.18. The van der Waals surface area contributed by atoms with Gasteiger partial charge in [0.05, 0.1) is 25.8 Å². The SMILES string of the molecule is COc1ncnc(OC)c1CNC(C)C(=O)NCC(C)C. The lowest BCUT2D eigenvalue weighted by molar-refractivity contribution is -0.122. The van der Waals surface area contributed by atoms with Crippen molar-refractivity contribution >= 4 is 5.91 Å². The number of methoxy groups -OCH3 is 2. The van der Waals surface area contributed by atoms with Gasteiger partial charge in [-0.1, -0.05) is 13.8 Å². The Balaban J connectivity index is 2.64. The third-order valence-electron chi connectivity index (χ3n) is 2.92. The average Bonchev–Trinajstić information content (AvgIpc) is 2.49. The number of ether oxygens (including phenoxy) is 2. The minimum absolute atomic E-state index is 0.0431. The summed E-state index contributed by atoms with van der Waals surface area (Å²) in [5.41, 5.74) is 0.686. The minimum Gasteiger partial charge on any atom is -0.481 e. The molecule has 0 fully saturated rings. The second kappa shape index (κ2) is 8.41. The summed E-state index contributed by atoms with van der Waals surface area (Å²) in [4.78, 5) is 20.0. The lowest BCUT2D eigenvalue weighted by atomic mass is 10.2. The monoisotopic (exact) mass is 296 g/mol. The molecular formula is C14H24N4O3. The van der Waals surface area contributed by atoms with Crippen LogP contribution in [-0.2, 0) is 11.3 Å². The largest absolute Gasteiger partial charge is 0.481 e. The van der Waals surface area contributed by atoms with Crippen LogP contribution in [0.3, 0.4) is 0 Å². The summed E-state index contributed by atoms with van der Waals surface area (Å²) >= 11 is 0. The Hall–Kier alpha value is -1.89. The number of nitrogens with zero attached hydrogens (tertiary/aromatic N) is 2. The normalized spacial score (nSPS) is 12.1. The molecule has 0 spiro atoms. The van der Waals surface area contributed by atoms with Crippen molar-refractivity contribution in [3.63, 3.8) is 0 Å². The third-order valence-corrected chi connectivity index (χ3v) is 2.92. The van der Waals surface area contributed by atoms with Crippen molar-refractivity contribution in [3.8, 4) is 11.8 Å². The van der Waals surface area contributed by atoms with E-state index in [0.717, 1.165) is 0 Å². The van der Waals surface area contributed by atoms with Crippen LogP contribution in [0.2, 0.25) is 0 Å². The summed E-state index contributed by atoms with van der Waals surface area (Å²) in [6.45, 7) is 6.94. The van der Waals surface area contributed by atoms with E-state index in [1.165, 1.54) is 20.5 Å². The molecule has 0 aromatic carbocycles. The smallest absolute Gasteiger partial charge is 0.236 e. The highest BCUT2D eigenvalue weighted by molar-refractivity contribution is 5.81. The Bertz CT molecular complexity index is 443. The first-order valence-corrected chi connectivity index (χ1v) is 6.92. The fourth-order valence-electron chi connectivity index (χ4n) is 1.69.